The predicted molar refractivity (Wildman–Crippen MR) is 122 cm³/mol. The van der Waals surface area contributed by atoms with Crippen molar-refractivity contribution in [2.24, 2.45) is 0 Å². The third kappa shape index (κ3) is 4.08. The molecule has 4 rings (SSSR count). The summed E-state index contributed by atoms with van der Waals surface area (Å²) in [6.45, 7) is 5.70. The van der Waals surface area contributed by atoms with Gasteiger partial charge in [-0.25, -0.2) is 8.42 Å². The van der Waals surface area contributed by atoms with Crippen LogP contribution in [0.2, 0.25) is 0 Å². The van der Waals surface area contributed by atoms with Crippen LogP contribution in [0.5, 0.6) is 5.75 Å². The molecule has 0 spiro atoms. The second-order valence-electron chi connectivity index (χ2n) is 7.53. The molecule has 2 N–H and O–H groups in total. The van der Waals surface area contributed by atoms with Gasteiger partial charge in [0.1, 0.15) is 5.75 Å². The van der Waals surface area contributed by atoms with Crippen molar-refractivity contribution < 1.29 is 13.2 Å². The van der Waals surface area contributed by atoms with Gasteiger partial charge in [0.15, 0.2) is 0 Å². The number of nitrogens with zero attached hydrogens (tertiary/aromatic N) is 1. The number of rotatable bonds is 5. The monoisotopic (exact) mass is 425 g/mol. The van der Waals surface area contributed by atoms with Crippen molar-refractivity contribution in [3.63, 3.8) is 0 Å². The minimum Gasteiger partial charge on any atom is -0.495 e. The second-order valence-corrected chi connectivity index (χ2v) is 9.18. The fourth-order valence-electron chi connectivity index (χ4n) is 3.93. The van der Waals surface area contributed by atoms with Crippen molar-refractivity contribution in [2.75, 3.05) is 42.9 Å². The molecule has 0 bridgehead atoms. The summed E-state index contributed by atoms with van der Waals surface area (Å²) in [5.41, 5.74) is 2.49. The number of hydrogen-bond donors (Lipinski definition) is 2. The Labute approximate surface area is 177 Å². The van der Waals surface area contributed by atoms with E-state index in [9.17, 15) is 8.42 Å². The van der Waals surface area contributed by atoms with Gasteiger partial charge in [-0.3, -0.25) is 4.72 Å². The number of hydrogen-bond acceptors (Lipinski definition) is 5. The number of fused-ring (bicyclic) bond motifs is 1. The maximum Gasteiger partial charge on any atom is 0.262 e. The summed E-state index contributed by atoms with van der Waals surface area (Å²) < 4.78 is 34.7. The van der Waals surface area contributed by atoms with Gasteiger partial charge in [0.05, 0.1) is 17.7 Å². The Bertz CT molecular complexity index is 1150. The number of benzene rings is 3. The molecule has 0 radical (unpaired) electrons. The summed E-state index contributed by atoms with van der Waals surface area (Å²) in [5.74, 6) is 0.497. The van der Waals surface area contributed by atoms with Crippen molar-refractivity contribution in [2.45, 2.75) is 18.2 Å². The number of anilines is 2. The van der Waals surface area contributed by atoms with E-state index >= 15 is 0 Å². The van der Waals surface area contributed by atoms with Gasteiger partial charge in [0.25, 0.3) is 10.0 Å². The molecule has 0 unspecified atom stereocenters. The van der Waals surface area contributed by atoms with Crippen LogP contribution in [0, 0.1) is 6.92 Å². The molecule has 1 aliphatic heterocycles. The normalized spacial score (nSPS) is 15.1. The summed E-state index contributed by atoms with van der Waals surface area (Å²) in [6.07, 6.45) is 1.06. The average molecular weight is 426 g/mol. The van der Waals surface area contributed by atoms with Gasteiger partial charge in [-0.05, 0) is 49.7 Å². The van der Waals surface area contributed by atoms with Gasteiger partial charge in [-0.1, -0.05) is 30.3 Å². The van der Waals surface area contributed by atoms with Gasteiger partial charge in [-0.2, -0.15) is 0 Å². The van der Waals surface area contributed by atoms with Crippen LogP contribution in [0.3, 0.4) is 0 Å². The van der Waals surface area contributed by atoms with Crippen molar-refractivity contribution in [1.82, 2.24) is 5.32 Å². The zero-order valence-electron chi connectivity index (χ0n) is 17.3. The van der Waals surface area contributed by atoms with E-state index in [1.807, 2.05) is 49.4 Å². The number of nitrogens with one attached hydrogen (secondary N) is 2. The molecular weight excluding hydrogens is 398 g/mol. The van der Waals surface area contributed by atoms with Crippen LogP contribution in [0.4, 0.5) is 11.4 Å². The van der Waals surface area contributed by atoms with Gasteiger partial charge in [0.2, 0.25) is 0 Å². The zero-order valence-corrected chi connectivity index (χ0v) is 18.1. The van der Waals surface area contributed by atoms with E-state index in [1.165, 1.54) is 7.11 Å². The van der Waals surface area contributed by atoms with Gasteiger partial charge >= 0.3 is 0 Å². The molecule has 0 atom stereocenters. The van der Waals surface area contributed by atoms with E-state index in [2.05, 4.69) is 14.9 Å². The van der Waals surface area contributed by atoms with Crippen molar-refractivity contribution in [3.8, 4) is 5.75 Å². The quantitative estimate of drug-likeness (QED) is 0.651. The lowest BCUT2D eigenvalue weighted by atomic mass is 10.1. The Balaban J connectivity index is 1.77. The zero-order chi connectivity index (χ0) is 21.1. The van der Waals surface area contributed by atoms with E-state index in [-0.39, 0.29) is 4.90 Å². The van der Waals surface area contributed by atoms with E-state index in [4.69, 9.17) is 4.74 Å². The molecule has 3 aromatic carbocycles. The number of sulfonamides is 1. The maximum absolute atomic E-state index is 13.3. The first kappa shape index (κ1) is 20.5. The number of ether oxygens (including phenoxy) is 1. The Morgan fingerprint density at radius 3 is 2.60 bits per heavy atom. The molecule has 0 amide bonds. The highest BCUT2D eigenvalue weighted by Gasteiger charge is 2.22. The highest BCUT2D eigenvalue weighted by Crippen LogP contribution is 2.34. The van der Waals surface area contributed by atoms with Crippen LogP contribution < -0.4 is 19.7 Å². The third-order valence-corrected chi connectivity index (χ3v) is 6.86. The first-order chi connectivity index (χ1) is 14.5. The predicted octanol–water partition coefficient (Wildman–Crippen LogP) is 3.76. The Morgan fingerprint density at radius 2 is 1.80 bits per heavy atom. The average Bonchev–Trinajstić information content (AvgIpc) is 3.03. The summed E-state index contributed by atoms with van der Waals surface area (Å²) in [5, 5.41) is 5.07. The molecule has 1 aliphatic rings. The minimum absolute atomic E-state index is 0.262. The maximum atomic E-state index is 13.3. The molecule has 0 saturated carbocycles. The molecular formula is C23H27N3O3S. The summed E-state index contributed by atoms with van der Waals surface area (Å²) in [4.78, 5) is 2.59. The van der Waals surface area contributed by atoms with Crippen molar-refractivity contribution >= 4 is 32.2 Å². The molecule has 6 nitrogen and oxygen atoms in total. The standard InChI is InChI=1S/C23H27N3O3S/c1-17-8-9-20(22(16-17)29-2)25-30(27,28)23-11-10-21(18-6-3-4-7-19(18)23)26-14-5-12-24-13-15-26/h3-4,6-11,16,24-25H,5,12-15H2,1-2H3. The lowest BCUT2D eigenvalue weighted by molar-refractivity contribution is 0.416. The van der Waals surface area contributed by atoms with E-state index < -0.39 is 10.0 Å². The smallest absolute Gasteiger partial charge is 0.262 e. The molecule has 0 aromatic heterocycles. The summed E-state index contributed by atoms with van der Waals surface area (Å²) >= 11 is 0. The first-order valence-corrected chi connectivity index (χ1v) is 11.6. The molecule has 30 heavy (non-hydrogen) atoms. The molecule has 7 heteroatoms. The summed E-state index contributed by atoms with van der Waals surface area (Å²) in [6, 6.07) is 16.7. The van der Waals surface area contributed by atoms with Crippen LogP contribution in [-0.2, 0) is 10.0 Å². The second kappa shape index (κ2) is 8.53. The fourth-order valence-corrected chi connectivity index (χ4v) is 5.22. The molecule has 1 saturated heterocycles. The Morgan fingerprint density at radius 1 is 1.00 bits per heavy atom. The van der Waals surface area contributed by atoms with Gasteiger partial charge in [0, 0.05) is 36.1 Å². The van der Waals surface area contributed by atoms with Crippen molar-refractivity contribution in [1.29, 1.82) is 0 Å². The highest BCUT2D eigenvalue weighted by atomic mass is 32.2. The number of aryl methyl sites for hydroxylation is 1. The third-order valence-electron chi connectivity index (χ3n) is 5.43. The largest absolute Gasteiger partial charge is 0.495 e. The molecule has 1 heterocycles. The minimum atomic E-state index is -3.80. The van der Waals surface area contributed by atoms with E-state index in [0.29, 0.717) is 16.8 Å². The van der Waals surface area contributed by atoms with Crippen LogP contribution in [-0.4, -0.2) is 41.7 Å². The first-order valence-electron chi connectivity index (χ1n) is 10.1. The topological polar surface area (TPSA) is 70.7 Å². The van der Waals surface area contributed by atoms with Crippen molar-refractivity contribution in [3.05, 3.63) is 60.2 Å². The lowest BCUT2D eigenvalue weighted by Crippen LogP contribution is -2.28. The Kier molecular flexibility index (Phi) is 5.83. The van der Waals surface area contributed by atoms with Crippen LogP contribution >= 0.6 is 0 Å². The van der Waals surface area contributed by atoms with Crippen LogP contribution in [0.1, 0.15) is 12.0 Å². The summed E-state index contributed by atoms with van der Waals surface area (Å²) in [7, 11) is -2.27. The van der Waals surface area contributed by atoms with Crippen LogP contribution in [0.15, 0.2) is 59.5 Å². The number of methoxy groups -OCH3 is 1. The SMILES string of the molecule is COc1cc(C)ccc1NS(=O)(=O)c1ccc(N2CCCNCC2)c2ccccc12. The molecule has 0 aliphatic carbocycles. The lowest BCUT2D eigenvalue weighted by Gasteiger charge is -2.25. The highest BCUT2D eigenvalue weighted by molar-refractivity contribution is 7.93. The van der Waals surface area contributed by atoms with Crippen LogP contribution in [0.25, 0.3) is 10.8 Å². The van der Waals surface area contributed by atoms with E-state index in [1.54, 1.807) is 12.1 Å². The molecule has 158 valence electrons. The van der Waals surface area contributed by atoms with Gasteiger partial charge < -0.3 is 15.0 Å². The molecule has 1 fully saturated rings. The van der Waals surface area contributed by atoms with E-state index in [0.717, 1.165) is 49.2 Å². The Hall–Kier alpha value is -2.77. The molecule has 3 aromatic rings. The van der Waals surface area contributed by atoms with Gasteiger partial charge in [-0.15, -0.1) is 0 Å². The fraction of sp³-hybridized carbons (Fsp3) is 0.304.